The number of aromatic hydroxyl groups is 1. The van der Waals surface area contributed by atoms with Crippen molar-refractivity contribution < 1.29 is 10.2 Å². The number of aliphatic hydroxyl groups excluding tert-OH is 1. The first-order valence-corrected chi connectivity index (χ1v) is 5.54. The summed E-state index contributed by atoms with van der Waals surface area (Å²) >= 11 is 0. The molecule has 0 saturated carbocycles. The van der Waals surface area contributed by atoms with Crippen LogP contribution in [0.4, 0.5) is 0 Å². The summed E-state index contributed by atoms with van der Waals surface area (Å²) in [5.74, 6) is -0.287. The standard InChI is InChI=1S/C13H14N2O3/c1-8-4-3-5-9(2)13(8)15-12(18)6-11(17)10(7-16)14-15/h3-6,16-17H,7H2,1-2H3. The molecule has 1 heterocycles. The molecule has 0 atom stereocenters. The molecule has 94 valence electrons. The van der Waals surface area contributed by atoms with E-state index in [2.05, 4.69) is 5.10 Å². The van der Waals surface area contributed by atoms with Crippen LogP contribution in [0.1, 0.15) is 16.8 Å². The zero-order valence-electron chi connectivity index (χ0n) is 10.2. The van der Waals surface area contributed by atoms with Crippen molar-refractivity contribution in [3.63, 3.8) is 0 Å². The van der Waals surface area contributed by atoms with Crippen molar-refractivity contribution in [2.45, 2.75) is 20.5 Å². The molecule has 5 nitrogen and oxygen atoms in total. The second-order valence-electron chi connectivity index (χ2n) is 4.12. The van der Waals surface area contributed by atoms with Crippen LogP contribution in [0, 0.1) is 13.8 Å². The van der Waals surface area contributed by atoms with E-state index in [9.17, 15) is 9.90 Å². The highest BCUT2D eigenvalue weighted by molar-refractivity contribution is 5.46. The van der Waals surface area contributed by atoms with Gasteiger partial charge in [-0.25, -0.2) is 0 Å². The van der Waals surface area contributed by atoms with Gasteiger partial charge in [0.1, 0.15) is 11.4 Å². The molecule has 0 aliphatic rings. The first-order valence-electron chi connectivity index (χ1n) is 5.54. The number of aromatic nitrogens is 2. The molecule has 1 aromatic heterocycles. The molecule has 0 spiro atoms. The average molecular weight is 246 g/mol. The van der Waals surface area contributed by atoms with Crippen molar-refractivity contribution in [2.75, 3.05) is 0 Å². The Balaban J connectivity index is 2.75. The Labute approximate surface area is 104 Å². The summed E-state index contributed by atoms with van der Waals surface area (Å²) in [5, 5.41) is 22.5. The largest absolute Gasteiger partial charge is 0.506 e. The minimum absolute atomic E-state index is 0.0808. The summed E-state index contributed by atoms with van der Waals surface area (Å²) in [6, 6.07) is 6.71. The molecule has 0 aliphatic carbocycles. The quantitative estimate of drug-likeness (QED) is 0.830. The van der Waals surface area contributed by atoms with Gasteiger partial charge in [-0.05, 0) is 25.0 Å². The third-order valence-electron chi connectivity index (χ3n) is 2.79. The van der Waals surface area contributed by atoms with Crippen molar-refractivity contribution in [1.82, 2.24) is 9.78 Å². The molecule has 2 aromatic rings. The number of aryl methyl sites for hydroxylation is 2. The highest BCUT2D eigenvalue weighted by Gasteiger charge is 2.11. The predicted octanol–water partition coefficient (Wildman–Crippen LogP) is 1.05. The van der Waals surface area contributed by atoms with E-state index in [1.807, 2.05) is 32.0 Å². The highest BCUT2D eigenvalue weighted by atomic mass is 16.3. The van der Waals surface area contributed by atoms with Gasteiger partial charge < -0.3 is 10.2 Å². The number of para-hydroxylation sites is 1. The fourth-order valence-electron chi connectivity index (χ4n) is 1.90. The topological polar surface area (TPSA) is 75.3 Å². The van der Waals surface area contributed by atoms with E-state index in [-0.39, 0.29) is 11.4 Å². The fourth-order valence-corrected chi connectivity index (χ4v) is 1.90. The maximum absolute atomic E-state index is 11.9. The number of nitrogens with zero attached hydrogens (tertiary/aromatic N) is 2. The van der Waals surface area contributed by atoms with Gasteiger partial charge in [0, 0.05) is 6.07 Å². The third kappa shape index (κ3) is 2.00. The average Bonchev–Trinajstić information content (AvgIpc) is 2.31. The van der Waals surface area contributed by atoms with Gasteiger partial charge in [0.2, 0.25) is 0 Å². The van der Waals surface area contributed by atoms with E-state index < -0.39 is 12.2 Å². The number of rotatable bonds is 2. The maximum atomic E-state index is 11.9. The van der Waals surface area contributed by atoms with Crippen LogP contribution >= 0.6 is 0 Å². The maximum Gasteiger partial charge on any atom is 0.275 e. The van der Waals surface area contributed by atoms with Crippen LogP contribution < -0.4 is 5.56 Å². The van der Waals surface area contributed by atoms with Crippen molar-refractivity contribution >= 4 is 0 Å². The number of hydrogen-bond acceptors (Lipinski definition) is 4. The molecule has 0 bridgehead atoms. The molecule has 2 N–H and O–H groups in total. The molecule has 18 heavy (non-hydrogen) atoms. The molecule has 1 aromatic carbocycles. The molecule has 2 rings (SSSR count). The molecular formula is C13H14N2O3. The fraction of sp³-hybridized carbons (Fsp3) is 0.231. The predicted molar refractivity (Wildman–Crippen MR) is 66.9 cm³/mol. The number of hydrogen-bond donors (Lipinski definition) is 2. The summed E-state index contributed by atoms with van der Waals surface area (Å²) in [4.78, 5) is 11.9. The van der Waals surface area contributed by atoms with Crippen LogP contribution in [0.5, 0.6) is 5.75 Å². The highest BCUT2D eigenvalue weighted by Crippen LogP contribution is 2.18. The Morgan fingerprint density at radius 1 is 1.28 bits per heavy atom. The van der Waals surface area contributed by atoms with Gasteiger partial charge in [0.25, 0.3) is 5.56 Å². The lowest BCUT2D eigenvalue weighted by Gasteiger charge is -2.12. The number of benzene rings is 1. The van der Waals surface area contributed by atoms with Gasteiger partial charge in [0.05, 0.1) is 12.3 Å². The Bertz CT molecular complexity index is 627. The van der Waals surface area contributed by atoms with Gasteiger partial charge in [-0.15, -0.1) is 0 Å². The van der Waals surface area contributed by atoms with Crippen LogP contribution in [0.2, 0.25) is 0 Å². The molecule has 0 aliphatic heterocycles. The zero-order valence-corrected chi connectivity index (χ0v) is 10.2. The molecular weight excluding hydrogens is 232 g/mol. The van der Waals surface area contributed by atoms with Gasteiger partial charge >= 0.3 is 0 Å². The van der Waals surface area contributed by atoms with Crippen molar-refractivity contribution in [3.8, 4) is 11.4 Å². The zero-order chi connectivity index (χ0) is 13.3. The molecule has 0 fully saturated rings. The molecule has 0 radical (unpaired) electrons. The van der Waals surface area contributed by atoms with Gasteiger partial charge in [-0.1, -0.05) is 18.2 Å². The monoisotopic (exact) mass is 246 g/mol. The first-order chi connectivity index (χ1) is 8.54. The van der Waals surface area contributed by atoms with E-state index in [1.54, 1.807) is 0 Å². The van der Waals surface area contributed by atoms with E-state index in [0.29, 0.717) is 5.69 Å². The van der Waals surface area contributed by atoms with Crippen LogP contribution in [0.15, 0.2) is 29.1 Å². The lowest BCUT2D eigenvalue weighted by molar-refractivity contribution is 0.266. The van der Waals surface area contributed by atoms with Crippen LogP contribution in [-0.2, 0) is 6.61 Å². The smallest absolute Gasteiger partial charge is 0.275 e. The van der Waals surface area contributed by atoms with Crippen molar-refractivity contribution in [1.29, 1.82) is 0 Å². The minimum Gasteiger partial charge on any atom is -0.506 e. The molecule has 0 amide bonds. The lowest BCUT2D eigenvalue weighted by atomic mass is 10.1. The Hall–Kier alpha value is -2.14. The first kappa shape index (κ1) is 12.3. The second-order valence-corrected chi connectivity index (χ2v) is 4.12. The molecule has 0 saturated heterocycles. The van der Waals surface area contributed by atoms with E-state index in [4.69, 9.17) is 5.11 Å². The molecule has 0 unspecified atom stereocenters. The Kier molecular flexibility index (Phi) is 3.16. The van der Waals surface area contributed by atoms with Crippen molar-refractivity contribution in [2.24, 2.45) is 0 Å². The minimum atomic E-state index is -0.429. The normalized spacial score (nSPS) is 10.6. The second kappa shape index (κ2) is 4.62. The number of aliphatic hydroxyl groups is 1. The van der Waals surface area contributed by atoms with Gasteiger partial charge in [-0.3, -0.25) is 4.79 Å². The summed E-state index contributed by atoms with van der Waals surface area (Å²) in [6.07, 6.45) is 0. The third-order valence-corrected chi connectivity index (χ3v) is 2.79. The van der Waals surface area contributed by atoms with Crippen LogP contribution in [0.25, 0.3) is 5.69 Å². The van der Waals surface area contributed by atoms with Gasteiger partial charge in [-0.2, -0.15) is 9.78 Å². The van der Waals surface area contributed by atoms with E-state index in [0.717, 1.165) is 17.2 Å². The SMILES string of the molecule is Cc1cccc(C)c1-n1nc(CO)c(O)cc1=O. The molecule has 5 heteroatoms. The lowest BCUT2D eigenvalue weighted by Crippen LogP contribution is -2.23. The van der Waals surface area contributed by atoms with E-state index >= 15 is 0 Å². The summed E-state index contributed by atoms with van der Waals surface area (Å²) in [7, 11) is 0. The summed E-state index contributed by atoms with van der Waals surface area (Å²) in [6.45, 7) is 3.33. The van der Waals surface area contributed by atoms with Crippen LogP contribution in [0.3, 0.4) is 0 Å². The Morgan fingerprint density at radius 3 is 2.44 bits per heavy atom. The summed E-state index contributed by atoms with van der Waals surface area (Å²) in [5.41, 5.74) is 2.13. The summed E-state index contributed by atoms with van der Waals surface area (Å²) < 4.78 is 1.20. The van der Waals surface area contributed by atoms with Gasteiger partial charge in [0.15, 0.2) is 0 Å². The Morgan fingerprint density at radius 2 is 1.89 bits per heavy atom. The van der Waals surface area contributed by atoms with E-state index in [1.165, 1.54) is 4.68 Å². The van der Waals surface area contributed by atoms with Crippen LogP contribution in [-0.4, -0.2) is 20.0 Å². The van der Waals surface area contributed by atoms with Crippen molar-refractivity contribution in [3.05, 3.63) is 51.4 Å².